The molecule has 3 N–H and O–H groups in total. The van der Waals surface area contributed by atoms with Gasteiger partial charge in [0.15, 0.2) is 9.84 Å². The van der Waals surface area contributed by atoms with Gasteiger partial charge in [-0.15, -0.1) is 11.3 Å². The first-order chi connectivity index (χ1) is 14.6. The predicted molar refractivity (Wildman–Crippen MR) is 117 cm³/mol. The highest BCUT2D eigenvalue weighted by Crippen LogP contribution is 2.33. The highest BCUT2D eigenvalue weighted by Gasteiger charge is 2.30. The van der Waals surface area contributed by atoms with Gasteiger partial charge in [0.05, 0.1) is 19.7 Å². The van der Waals surface area contributed by atoms with E-state index in [1.807, 2.05) is 0 Å². The van der Waals surface area contributed by atoms with Crippen LogP contribution in [-0.4, -0.2) is 44.5 Å². The molecule has 1 heterocycles. The molecule has 0 atom stereocenters. The van der Waals surface area contributed by atoms with E-state index in [2.05, 4.69) is 16.0 Å². The quantitative estimate of drug-likeness (QED) is 0.292. The minimum absolute atomic E-state index is 0.0269. The molecule has 0 saturated heterocycles. The van der Waals surface area contributed by atoms with Crippen molar-refractivity contribution in [1.82, 2.24) is 5.32 Å². The van der Waals surface area contributed by atoms with Crippen LogP contribution in [0.2, 0.25) is 0 Å². The molecule has 1 saturated carbocycles. The molecule has 1 fully saturated rings. The number of aryl methyl sites for hydroxylation is 1. The smallest absolute Gasteiger partial charge is 0.293 e. The lowest BCUT2D eigenvalue weighted by Gasteiger charge is -2.09. The average Bonchev–Trinajstić information content (AvgIpc) is 3.48. The lowest BCUT2D eigenvalue weighted by Crippen LogP contribution is -2.28. The van der Waals surface area contributed by atoms with Crippen molar-refractivity contribution in [1.29, 1.82) is 0 Å². The summed E-state index contributed by atoms with van der Waals surface area (Å²) in [4.78, 5) is 35.2. The van der Waals surface area contributed by atoms with Gasteiger partial charge >= 0.3 is 0 Å². The van der Waals surface area contributed by atoms with Gasteiger partial charge in [0.25, 0.3) is 11.6 Å². The number of carbonyl (C=O) groups is 2. The number of sulfone groups is 1. The Morgan fingerprint density at radius 3 is 2.55 bits per heavy atom. The largest absolute Gasteiger partial charge is 0.378 e. The van der Waals surface area contributed by atoms with Crippen LogP contribution in [0.3, 0.4) is 0 Å². The van der Waals surface area contributed by atoms with E-state index in [1.54, 1.807) is 13.0 Å². The number of benzene rings is 1. The summed E-state index contributed by atoms with van der Waals surface area (Å²) in [5.74, 6) is -0.264. The molecule has 1 aliphatic rings. The molecule has 0 spiro atoms. The van der Waals surface area contributed by atoms with Crippen LogP contribution in [0.4, 0.5) is 16.4 Å². The van der Waals surface area contributed by atoms with Crippen molar-refractivity contribution in [2.45, 2.75) is 24.7 Å². The van der Waals surface area contributed by atoms with E-state index in [4.69, 9.17) is 0 Å². The number of hydrogen-bond donors (Lipinski definition) is 3. The second kappa shape index (κ2) is 9.02. The highest BCUT2D eigenvalue weighted by molar-refractivity contribution is 7.90. The monoisotopic (exact) mass is 466 g/mol. The standard InChI is InChI=1S/C19H22N4O6S2/c1-11-9-16(22-18(24)12-3-4-12)30-17(11)19(25)21-8-7-20-14-6-5-13(31(2,28)29)10-15(14)23(26)27/h5-6,9-10,12,20H,3-4,7-8H2,1-2H3,(H,21,25)(H,22,24). The van der Waals surface area contributed by atoms with Crippen LogP contribution in [0.15, 0.2) is 29.2 Å². The Morgan fingerprint density at radius 2 is 1.94 bits per heavy atom. The Kier molecular flexibility index (Phi) is 6.60. The summed E-state index contributed by atoms with van der Waals surface area (Å²) >= 11 is 1.20. The van der Waals surface area contributed by atoms with Gasteiger partial charge in [0.1, 0.15) is 5.69 Å². The number of nitrogens with one attached hydrogen (secondary N) is 3. The Balaban J connectivity index is 1.56. The van der Waals surface area contributed by atoms with Crippen LogP contribution in [-0.2, 0) is 14.6 Å². The fraction of sp³-hybridized carbons (Fsp3) is 0.368. The first-order valence-electron chi connectivity index (χ1n) is 9.48. The van der Waals surface area contributed by atoms with Gasteiger partial charge in [-0.1, -0.05) is 0 Å². The van der Waals surface area contributed by atoms with Gasteiger partial charge < -0.3 is 16.0 Å². The van der Waals surface area contributed by atoms with Gasteiger partial charge in [-0.2, -0.15) is 0 Å². The average molecular weight is 467 g/mol. The van der Waals surface area contributed by atoms with Crippen molar-refractivity contribution in [3.8, 4) is 0 Å². The molecular formula is C19H22N4O6S2. The summed E-state index contributed by atoms with van der Waals surface area (Å²) in [6.45, 7) is 2.16. The summed E-state index contributed by atoms with van der Waals surface area (Å²) in [5.41, 5.74) is 0.539. The van der Waals surface area contributed by atoms with Crippen LogP contribution in [0.5, 0.6) is 0 Å². The summed E-state index contributed by atoms with van der Waals surface area (Å²) in [7, 11) is -3.57. The predicted octanol–water partition coefficient (Wildman–Crippen LogP) is 2.56. The molecule has 166 valence electrons. The Labute approximate surface area is 183 Å². The van der Waals surface area contributed by atoms with Crippen LogP contribution in [0.25, 0.3) is 0 Å². The third-order valence-corrected chi connectivity index (χ3v) is 6.90. The zero-order valence-corrected chi connectivity index (χ0v) is 18.6. The Hall–Kier alpha value is -2.99. The van der Waals surface area contributed by atoms with E-state index in [0.717, 1.165) is 30.7 Å². The lowest BCUT2D eigenvalue weighted by molar-refractivity contribution is -0.384. The molecule has 12 heteroatoms. The number of amides is 2. The first kappa shape index (κ1) is 22.7. The van der Waals surface area contributed by atoms with E-state index < -0.39 is 14.8 Å². The van der Waals surface area contributed by atoms with Crippen molar-refractivity contribution in [2.24, 2.45) is 5.92 Å². The van der Waals surface area contributed by atoms with Gasteiger partial charge in [-0.25, -0.2) is 8.42 Å². The number of nitro benzene ring substituents is 1. The van der Waals surface area contributed by atoms with Gasteiger partial charge in [0.2, 0.25) is 5.91 Å². The normalized spacial score (nSPS) is 13.5. The molecule has 2 amide bonds. The molecule has 0 aliphatic heterocycles. The van der Waals surface area contributed by atoms with E-state index in [9.17, 15) is 28.1 Å². The van der Waals surface area contributed by atoms with Crippen LogP contribution in [0, 0.1) is 23.0 Å². The molecule has 0 radical (unpaired) electrons. The maximum absolute atomic E-state index is 12.4. The molecular weight excluding hydrogens is 444 g/mol. The molecule has 2 aromatic rings. The second-order valence-electron chi connectivity index (χ2n) is 7.28. The van der Waals surface area contributed by atoms with E-state index in [0.29, 0.717) is 9.88 Å². The van der Waals surface area contributed by atoms with Crippen LogP contribution >= 0.6 is 11.3 Å². The molecule has 3 rings (SSSR count). The van der Waals surface area contributed by atoms with Gasteiger partial charge in [-0.05, 0) is 43.5 Å². The zero-order valence-electron chi connectivity index (χ0n) is 16.9. The number of carbonyl (C=O) groups excluding carboxylic acids is 2. The molecule has 0 bridgehead atoms. The van der Waals surface area contributed by atoms with Crippen molar-refractivity contribution in [3.05, 3.63) is 44.8 Å². The van der Waals surface area contributed by atoms with Crippen molar-refractivity contribution in [2.75, 3.05) is 30.0 Å². The first-order valence-corrected chi connectivity index (χ1v) is 12.2. The van der Waals surface area contributed by atoms with E-state index in [1.165, 1.54) is 23.5 Å². The number of anilines is 2. The number of hydrogen-bond acceptors (Lipinski definition) is 8. The number of rotatable bonds is 9. The minimum Gasteiger partial charge on any atom is -0.378 e. The van der Waals surface area contributed by atoms with Crippen LogP contribution in [0.1, 0.15) is 28.1 Å². The second-order valence-corrected chi connectivity index (χ2v) is 10.3. The summed E-state index contributed by atoms with van der Waals surface area (Å²) < 4.78 is 23.2. The summed E-state index contributed by atoms with van der Waals surface area (Å²) in [6, 6.07) is 5.37. The fourth-order valence-electron chi connectivity index (χ4n) is 2.83. The van der Waals surface area contributed by atoms with Crippen molar-refractivity contribution < 1.29 is 22.9 Å². The fourth-order valence-corrected chi connectivity index (χ4v) is 4.47. The molecule has 1 aliphatic carbocycles. The highest BCUT2D eigenvalue weighted by atomic mass is 32.2. The minimum atomic E-state index is -3.57. The Bertz CT molecular complexity index is 1140. The van der Waals surface area contributed by atoms with E-state index in [-0.39, 0.29) is 47.1 Å². The molecule has 1 aromatic carbocycles. The van der Waals surface area contributed by atoms with Crippen molar-refractivity contribution in [3.63, 3.8) is 0 Å². The maximum atomic E-state index is 12.4. The van der Waals surface area contributed by atoms with Crippen LogP contribution < -0.4 is 16.0 Å². The lowest BCUT2D eigenvalue weighted by atomic mass is 10.2. The Morgan fingerprint density at radius 1 is 1.23 bits per heavy atom. The number of thiophene rings is 1. The van der Waals surface area contributed by atoms with Crippen molar-refractivity contribution >= 4 is 49.4 Å². The number of nitrogens with zero attached hydrogens (tertiary/aromatic N) is 1. The maximum Gasteiger partial charge on any atom is 0.293 e. The SMILES string of the molecule is Cc1cc(NC(=O)C2CC2)sc1C(=O)NCCNc1ccc(S(C)(=O)=O)cc1[N+](=O)[O-]. The zero-order chi connectivity index (χ0) is 22.8. The summed E-state index contributed by atoms with van der Waals surface area (Å²) in [6.07, 6.45) is 2.77. The number of nitro groups is 1. The summed E-state index contributed by atoms with van der Waals surface area (Å²) in [5, 5.41) is 20.3. The van der Waals surface area contributed by atoms with Gasteiger partial charge in [0, 0.05) is 31.3 Å². The third-order valence-electron chi connectivity index (χ3n) is 4.64. The molecule has 31 heavy (non-hydrogen) atoms. The molecule has 0 unspecified atom stereocenters. The topological polar surface area (TPSA) is 148 Å². The third kappa shape index (κ3) is 5.79. The van der Waals surface area contributed by atoms with Gasteiger partial charge in [-0.3, -0.25) is 19.7 Å². The molecule has 1 aromatic heterocycles. The van der Waals surface area contributed by atoms with E-state index >= 15 is 0 Å². The molecule has 10 nitrogen and oxygen atoms in total.